The van der Waals surface area contributed by atoms with Gasteiger partial charge in [0.2, 0.25) is 0 Å². The maximum absolute atomic E-state index is 11.2. The van der Waals surface area contributed by atoms with Crippen LogP contribution < -0.4 is 0 Å². The van der Waals surface area contributed by atoms with Gasteiger partial charge < -0.3 is 14.2 Å². The lowest BCUT2D eigenvalue weighted by molar-refractivity contribution is 0.366. The first kappa shape index (κ1) is 16.8. The van der Waals surface area contributed by atoms with E-state index in [4.69, 9.17) is 19.3 Å². The predicted molar refractivity (Wildman–Crippen MR) is 98.7 cm³/mol. The van der Waals surface area contributed by atoms with E-state index in [1.54, 1.807) is 12.1 Å². The van der Waals surface area contributed by atoms with E-state index >= 15 is 0 Å². The third-order valence-corrected chi connectivity index (χ3v) is 4.81. The minimum absolute atomic E-state index is 0.245. The van der Waals surface area contributed by atoms with Crippen molar-refractivity contribution in [1.29, 1.82) is 0 Å². The number of benzene rings is 2. The molecule has 0 atom stereocenters. The minimum Gasteiger partial charge on any atom is -0.459 e. The van der Waals surface area contributed by atoms with Crippen LogP contribution in [0.25, 0.3) is 22.4 Å². The predicted octanol–water partition coefficient (Wildman–Crippen LogP) is 4.02. The Morgan fingerprint density at radius 2 is 1.69 bits per heavy atom. The summed E-state index contributed by atoms with van der Waals surface area (Å²) >= 11 is 0. The van der Waals surface area contributed by atoms with Crippen LogP contribution in [0.3, 0.4) is 0 Å². The molecular formula is C19H17N2O4P. The molecular weight excluding hydrogens is 351 g/mol. The summed E-state index contributed by atoms with van der Waals surface area (Å²) < 4.78 is 18.7. The highest BCUT2D eigenvalue weighted by Gasteiger charge is 2.20. The maximum atomic E-state index is 11.2. The van der Waals surface area contributed by atoms with E-state index in [0.717, 1.165) is 16.5 Å². The first-order valence-electron chi connectivity index (χ1n) is 8.13. The van der Waals surface area contributed by atoms with E-state index in [9.17, 15) is 4.57 Å². The fraction of sp³-hybridized carbons (Fsp3) is 0.105. The lowest BCUT2D eigenvalue weighted by Crippen LogP contribution is -2.01. The van der Waals surface area contributed by atoms with Gasteiger partial charge in [0.25, 0.3) is 0 Å². The molecule has 0 saturated carbocycles. The van der Waals surface area contributed by atoms with Crippen LogP contribution in [-0.2, 0) is 17.3 Å². The molecule has 2 heterocycles. The molecule has 7 heteroatoms. The zero-order chi connectivity index (χ0) is 18.1. The highest BCUT2D eigenvalue weighted by atomic mass is 31.2. The number of rotatable bonds is 5. The van der Waals surface area contributed by atoms with Crippen molar-refractivity contribution < 1.29 is 18.8 Å². The van der Waals surface area contributed by atoms with Gasteiger partial charge in [-0.3, -0.25) is 9.25 Å². The van der Waals surface area contributed by atoms with Crippen molar-refractivity contribution in [2.45, 2.75) is 12.7 Å². The average Bonchev–Trinajstić information content (AvgIpc) is 3.19. The van der Waals surface area contributed by atoms with Gasteiger partial charge >= 0.3 is 7.60 Å². The van der Waals surface area contributed by atoms with Crippen molar-refractivity contribution in [2.75, 3.05) is 0 Å². The zero-order valence-electron chi connectivity index (χ0n) is 13.8. The summed E-state index contributed by atoms with van der Waals surface area (Å²) in [5, 5.41) is 5.62. The summed E-state index contributed by atoms with van der Waals surface area (Å²) in [7, 11) is -4.17. The normalized spacial score (nSPS) is 11.9. The van der Waals surface area contributed by atoms with E-state index in [0.29, 0.717) is 18.0 Å². The molecule has 2 aromatic carbocycles. The Labute approximate surface area is 149 Å². The van der Waals surface area contributed by atoms with Gasteiger partial charge in [-0.05, 0) is 23.8 Å². The molecule has 0 spiro atoms. The Kier molecular flexibility index (Phi) is 4.24. The van der Waals surface area contributed by atoms with E-state index in [1.165, 1.54) is 0 Å². The smallest absolute Gasteiger partial charge is 0.333 e. The van der Waals surface area contributed by atoms with E-state index in [1.807, 2.05) is 59.3 Å². The molecule has 0 amide bonds. The van der Waals surface area contributed by atoms with Crippen molar-refractivity contribution >= 4 is 18.5 Å². The standard InChI is InChI=1S/C19H17N2O4P/c22-26(23,24)13-15-10-11-18(25-15)19-16-8-4-5-9-17(16)21(20-19)12-14-6-2-1-3-7-14/h1-11H,12-13H2,(H2,22,23,24). The molecule has 6 nitrogen and oxygen atoms in total. The number of nitrogens with zero attached hydrogens (tertiary/aromatic N) is 2. The molecule has 0 aliphatic rings. The Bertz CT molecular complexity index is 1100. The Balaban J connectivity index is 1.75. The molecule has 2 N–H and O–H groups in total. The van der Waals surface area contributed by atoms with Gasteiger partial charge in [-0.15, -0.1) is 0 Å². The van der Waals surface area contributed by atoms with Crippen molar-refractivity contribution in [3.8, 4) is 11.5 Å². The van der Waals surface area contributed by atoms with E-state index in [-0.39, 0.29) is 5.76 Å². The van der Waals surface area contributed by atoms with Crippen LogP contribution >= 0.6 is 7.60 Å². The van der Waals surface area contributed by atoms with Crippen LogP contribution in [0.15, 0.2) is 71.1 Å². The summed E-state index contributed by atoms with van der Waals surface area (Å²) in [5.74, 6) is 0.742. The maximum Gasteiger partial charge on any atom is 0.333 e. The Morgan fingerprint density at radius 3 is 2.46 bits per heavy atom. The third-order valence-electron chi connectivity index (χ3n) is 4.09. The molecule has 4 rings (SSSR count). The lowest BCUT2D eigenvalue weighted by atomic mass is 10.2. The zero-order valence-corrected chi connectivity index (χ0v) is 14.7. The van der Waals surface area contributed by atoms with Crippen molar-refractivity contribution in [1.82, 2.24) is 9.78 Å². The SMILES string of the molecule is O=P(O)(O)Cc1ccc(-c2nn(Cc3ccccc3)c3ccccc23)o1. The van der Waals surface area contributed by atoms with Gasteiger partial charge in [-0.2, -0.15) is 5.10 Å². The second-order valence-corrected chi connectivity index (χ2v) is 7.74. The topological polar surface area (TPSA) is 88.5 Å². The van der Waals surface area contributed by atoms with Crippen molar-refractivity contribution in [3.05, 3.63) is 78.1 Å². The fourth-order valence-electron chi connectivity index (χ4n) is 2.98. The molecule has 2 aromatic heterocycles. The molecule has 0 aliphatic carbocycles. The third kappa shape index (κ3) is 3.48. The molecule has 26 heavy (non-hydrogen) atoms. The summed E-state index contributed by atoms with van der Waals surface area (Å²) in [4.78, 5) is 18.2. The fourth-order valence-corrected chi connectivity index (χ4v) is 3.56. The largest absolute Gasteiger partial charge is 0.459 e. The van der Waals surface area contributed by atoms with Crippen LogP contribution in [-0.4, -0.2) is 19.6 Å². The summed E-state index contributed by atoms with van der Waals surface area (Å²) in [6.07, 6.45) is -0.421. The molecule has 0 bridgehead atoms. The molecule has 132 valence electrons. The summed E-state index contributed by atoms with van der Waals surface area (Å²) in [6.45, 7) is 0.622. The molecule has 0 aliphatic heterocycles. The number of fused-ring (bicyclic) bond motifs is 1. The average molecular weight is 368 g/mol. The number of hydrogen-bond donors (Lipinski definition) is 2. The highest BCUT2D eigenvalue weighted by molar-refractivity contribution is 7.50. The summed E-state index contributed by atoms with van der Waals surface area (Å²) in [5.41, 5.74) is 2.77. The van der Waals surface area contributed by atoms with Gasteiger partial charge in [-0.1, -0.05) is 48.5 Å². The molecule has 0 unspecified atom stereocenters. The first-order valence-corrected chi connectivity index (χ1v) is 9.92. The van der Waals surface area contributed by atoms with Crippen LogP contribution in [0.5, 0.6) is 0 Å². The number of hydrogen-bond acceptors (Lipinski definition) is 3. The molecule has 0 radical (unpaired) electrons. The van der Waals surface area contributed by atoms with E-state index < -0.39 is 13.8 Å². The second kappa shape index (κ2) is 6.57. The molecule has 4 aromatic rings. The quantitative estimate of drug-likeness (QED) is 0.520. The van der Waals surface area contributed by atoms with Crippen LogP contribution in [0, 0.1) is 0 Å². The second-order valence-electron chi connectivity index (χ2n) is 6.10. The molecule has 0 saturated heterocycles. The Morgan fingerprint density at radius 1 is 0.962 bits per heavy atom. The lowest BCUT2D eigenvalue weighted by Gasteiger charge is -2.03. The van der Waals surface area contributed by atoms with Gasteiger partial charge in [0, 0.05) is 5.39 Å². The van der Waals surface area contributed by atoms with Crippen molar-refractivity contribution in [3.63, 3.8) is 0 Å². The monoisotopic (exact) mass is 368 g/mol. The van der Waals surface area contributed by atoms with Crippen LogP contribution in [0.4, 0.5) is 0 Å². The van der Waals surface area contributed by atoms with E-state index in [2.05, 4.69) is 0 Å². The molecule has 0 fully saturated rings. The van der Waals surface area contributed by atoms with Gasteiger partial charge in [0.05, 0.1) is 12.1 Å². The van der Waals surface area contributed by atoms with Crippen molar-refractivity contribution in [2.24, 2.45) is 0 Å². The first-order chi connectivity index (χ1) is 12.5. The number of para-hydroxylation sites is 1. The summed E-state index contributed by atoms with van der Waals surface area (Å²) in [6, 6.07) is 21.2. The highest BCUT2D eigenvalue weighted by Crippen LogP contribution is 2.40. The van der Waals surface area contributed by atoms with Crippen LogP contribution in [0.2, 0.25) is 0 Å². The van der Waals surface area contributed by atoms with Gasteiger partial charge in [0.15, 0.2) is 5.76 Å². The Hall–Kier alpha value is -2.66. The van der Waals surface area contributed by atoms with Gasteiger partial charge in [-0.25, -0.2) is 0 Å². The minimum atomic E-state index is -4.17. The van der Waals surface area contributed by atoms with Crippen LogP contribution in [0.1, 0.15) is 11.3 Å². The van der Waals surface area contributed by atoms with Gasteiger partial charge in [0.1, 0.15) is 17.6 Å². The number of furan rings is 1. The number of aromatic nitrogens is 2.